The predicted molar refractivity (Wildman–Crippen MR) is 149 cm³/mol. The molecule has 3 aromatic rings. The average molecular weight is 497 g/mol. The minimum absolute atomic E-state index is 0.289. The lowest BCUT2D eigenvalue weighted by atomic mass is 9.50. The van der Waals surface area contributed by atoms with Crippen molar-refractivity contribution in [2.75, 3.05) is 30.5 Å². The second kappa shape index (κ2) is 9.44. The van der Waals surface area contributed by atoms with Gasteiger partial charge in [-0.3, -0.25) is 0 Å². The molecule has 0 aliphatic heterocycles. The Hall–Kier alpha value is -3.47. The monoisotopic (exact) mass is 496 g/mol. The average Bonchev–Trinajstić information content (AvgIpc) is 2.91. The lowest BCUT2D eigenvalue weighted by Crippen LogP contribution is -2.48. The molecule has 0 aromatic heterocycles. The Balaban J connectivity index is 1.10. The normalized spacial score (nSPS) is 25.6. The van der Waals surface area contributed by atoms with E-state index in [1.54, 1.807) is 12.1 Å². The number of ether oxygens (including phenoxy) is 1. The summed E-state index contributed by atoms with van der Waals surface area (Å²) in [4.78, 5) is 15.7. The predicted octanol–water partition coefficient (Wildman–Crippen LogP) is 7.52. The van der Waals surface area contributed by atoms with Crippen molar-refractivity contribution < 1.29 is 14.6 Å². The Bertz CT molecular complexity index is 1230. The smallest absolute Gasteiger partial charge is 0.337 e. The van der Waals surface area contributed by atoms with Crippen LogP contribution in [0.4, 0.5) is 22.7 Å². The second-order valence-corrected chi connectivity index (χ2v) is 11.7. The Morgan fingerprint density at radius 3 is 1.81 bits per heavy atom. The fourth-order valence-electron chi connectivity index (χ4n) is 7.60. The number of aromatic carboxylic acids is 1. The zero-order valence-electron chi connectivity index (χ0n) is 21.8. The quantitative estimate of drug-likeness (QED) is 0.350. The number of hydrogen-bond donors (Lipinski definition) is 1. The summed E-state index contributed by atoms with van der Waals surface area (Å²) in [5, 5.41) is 9.53. The minimum atomic E-state index is -0.927. The highest BCUT2D eigenvalue weighted by Gasteiger charge is 2.51. The molecular weight excluding hydrogens is 460 g/mol. The molecule has 0 unspecified atom stereocenters. The maximum Gasteiger partial charge on any atom is 0.337 e. The van der Waals surface area contributed by atoms with Crippen molar-refractivity contribution >= 4 is 28.7 Å². The van der Waals surface area contributed by atoms with Crippen LogP contribution in [0.5, 0.6) is 5.75 Å². The zero-order valence-corrected chi connectivity index (χ0v) is 21.8. The highest BCUT2D eigenvalue weighted by molar-refractivity contribution is 5.95. The van der Waals surface area contributed by atoms with Crippen molar-refractivity contribution in [1.82, 2.24) is 0 Å². The summed E-state index contributed by atoms with van der Waals surface area (Å²) in [7, 11) is 3.95. The molecule has 5 heteroatoms. The van der Waals surface area contributed by atoms with Crippen molar-refractivity contribution in [3.63, 3.8) is 0 Å². The molecule has 4 aliphatic rings. The van der Waals surface area contributed by atoms with Gasteiger partial charge in [-0.05, 0) is 117 Å². The Morgan fingerprint density at radius 1 is 0.784 bits per heavy atom. The number of benzene rings is 3. The second-order valence-electron chi connectivity index (χ2n) is 11.7. The lowest BCUT2D eigenvalue weighted by Gasteiger charge is -2.56. The van der Waals surface area contributed by atoms with E-state index in [1.165, 1.54) is 38.5 Å². The molecule has 0 spiro atoms. The van der Waals surface area contributed by atoms with Gasteiger partial charge in [0.25, 0.3) is 0 Å². The minimum Gasteiger partial charge on any atom is -0.493 e. The molecule has 4 fully saturated rings. The number of carboxylic acid groups (broad SMARTS) is 1. The molecule has 3 aromatic carbocycles. The van der Waals surface area contributed by atoms with Crippen molar-refractivity contribution in [2.45, 2.75) is 38.5 Å². The van der Waals surface area contributed by atoms with Crippen LogP contribution in [0.3, 0.4) is 0 Å². The molecule has 0 atom stereocenters. The first kappa shape index (κ1) is 23.9. The summed E-state index contributed by atoms with van der Waals surface area (Å²) < 4.78 is 6.38. The number of anilines is 4. The number of hydrogen-bond acceptors (Lipinski definition) is 4. The molecule has 5 nitrogen and oxygen atoms in total. The zero-order chi connectivity index (χ0) is 25.6. The van der Waals surface area contributed by atoms with Gasteiger partial charge in [0.2, 0.25) is 0 Å². The van der Waals surface area contributed by atoms with Gasteiger partial charge in [0, 0.05) is 36.6 Å². The van der Waals surface area contributed by atoms with Crippen LogP contribution in [0.2, 0.25) is 0 Å². The summed E-state index contributed by atoms with van der Waals surface area (Å²) >= 11 is 0. The summed E-state index contributed by atoms with van der Waals surface area (Å²) in [5.74, 6) is 2.88. The number of carbonyl (C=O) groups is 1. The van der Waals surface area contributed by atoms with E-state index in [0.29, 0.717) is 11.1 Å². The topological polar surface area (TPSA) is 53.0 Å². The SMILES string of the molecule is CN(c1ccc(OCC23CC4CC(CC(C4)C2)C3)cc1)c1ccc(N(C)c2ccccc2C(=O)O)cc1. The van der Waals surface area contributed by atoms with E-state index in [-0.39, 0.29) is 5.56 Å². The fraction of sp³-hybridized carbons (Fsp3) is 0.406. The molecule has 0 heterocycles. The van der Waals surface area contributed by atoms with Gasteiger partial charge in [-0.15, -0.1) is 0 Å². The Kier molecular flexibility index (Phi) is 6.10. The van der Waals surface area contributed by atoms with Crippen LogP contribution in [0.15, 0.2) is 72.8 Å². The van der Waals surface area contributed by atoms with Crippen LogP contribution >= 0.6 is 0 Å². The Morgan fingerprint density at radius 2 is 1.27 bits per heavy atom. The summed E-state index contributed by atoms with van der Waals surface area (Å²) in [6.07, 6.45) is 8.50. The maximum atomic E-state index is 11.6. The van der Waals surface area contributed by atoms with Crippen LogP contribution in [-0.2, 0) is 0 Å². The molecular formula is C32H36N2O3. The third-order valence-electron chi connectivity index (χ3n) is 9.05. The van der Waals surface area contributed by atoms with E-state index < -0.39 is 5.97 Å². The number of nitrogens with zero attached hydrogens (tertiary/aromatic N) is 2. The largest absolute Gasteiger partial charge is 0.493 e. The third-order valence-corrected chi connectivity index (χ3v) is 9.05. The number of para-hydroxylation sites is 1. The molecule has 192 valence electrons. The molecule has 4 bridgehead atoms. The summed E-state index contributed by atoms with van der Waals surface area (Å²) in [6.45, 7) is 0.867. The highest BCUT2D eigenvalue weighted by atomic mass is 16.5. The van der Waals surface area contributed by atoms with Crippen LogP contribution in [-0.4, -0.2) is 31.8 Å². The van der Waals surface area contributed by atoms with Crippen molar-refractivity contribution in [2.24, 2.45) is 23.2 Å². The molecule has 4 saturated carbocycles. The van der Waals surface area contributed by atoms with Crippen molar-refractivity contribution in [3.8, 4) is 5.75 Å². The van der Waals surface area contributed by atoms with Gasteiger partial charge in [-0.25, -0.2) is 4.79 Å². The molecule has 0 amide bonds. The van der Waals surface area contributed by atoms with Crippen molar-refractivity contribution in [1.29, 1.82) is 0 Å². The third kappa shape index (κ3) is 4.68. The van der Waals surface area contributed by atoms with Gasteiger partial charge in [0.15, 0.2) is 0 Å². The first-order chi connectivity index (χ1) is 17.9. The van der Waals surface area contributed by atoms with Crippen LogP contribution in [0.1, 0.15) is 48.9 Å². The summed E-state index contributed by atoms with van der Waals surface area (Å²) in [6, 6.07) is 23.7. The van der Waals surface area contributed by atoms with Gasteiger partial charge in [-0.1, -0.05) is 12.1 Å². The molecule has 1 N–H and O–H groups in total. The number of carboxylic acids is 1. The summed E-state index contributed by atoms with van der Waals surface area (Å²) in [5.41, 5.74) is 4.46. The van der Waals surface area contributed by atoms with Gasteiger partial charge in [-0.2, -0.15) is 0 Å². The van der Waals surface area contributed by atoms with Gasteiger partial charge < -0.3 is 19.6 Å². The molecule has 0 radical (unpaired) electrons. The maximum absolute atomic E-state index is 11.6. The number of rotatable bonds is 8. The molecule has 7 rings (SSSR count). The van der Waals surface area contributed by atoms with E-state index in [0.717, 1.165) is 47.2 Å². The van der Waals surface area contributed by atoms with Gasteiger partial charge >= 0.3 is 5.97 Å². The first-order valence-electron chi connectivity index (χ1n) is 13.5. The van der Waals surface area contributed by atoms with E-state index in [4.69, 9.17) is 4.74 Å². The van der Waals surface area contributed by atoms with E-state index in [2.05, 4.69) is 48.3 Å². The standard InChI is InChI=1S/C32H36N2O3/c1-33(25-7-9-27(10-8-25)34(2)30-6-4-3-5-29(30)31(35)36)26-11-13-28(14-12-26)37-21-32-18-22-15-23(19-32)17-24(16-22)20-32/h3-14,22-24H,15-21H2,1-2H3,(H,35,36). The van der Waals surface area contributed by atoms with Crippen LogP contribution in [0, 0.1) is 23.2 Å². The Labute approximate surface area is 219 Å². The van der Waals surface area contributed by atoms with Crippen LogP contribution in [0.25, 0.3) is 0 Å². The van der Waals surface area contributed by atoms with Crippen molar-refractivity contribution in [3.05, 3.63) is 78.4 Å². The highest BCUT2D eigenvalue weighted by Crippen LogP contribution is 2.60. The van der Waals surface area contributed by atoms with E-state index in [9.17, 15) is 9.90 Å². The fourth-order valence-corrected chi connectivity index (χ4v) is 7.60. The lowest BCUT2D eigenvalue weighted by molar-refractivity contribution is -0.0745. The van der Waals surface area contributed by atoms with E-state index in [1.807, 2.05) is 36.2 Å². The molecule has 4 aliphatic carbocycles. The van der Waals surface area contributed by atoms with Crippen LogP contribution < -0.4 is 14.5 Å². The van der Waals surface area contributed by atoms with E-state index >= 15 is 0 Å². The van der Waals surface area contributed by atoms with Gasteiger partial charge in [0.1, 0.15) is 5.75 Å². The molecule has 0 saturated heterocycles. The molecule has 37 heavy (non-hydrogen) atoms. The first-order valence-corrected chi connectivity index (χ1v) is 13.5. The van der Waals surface area contributed by atoms with Gasteiger partial charge in [0.05, 0.1) is 17.9 Å².